The molecule has 1 saturated heterocycles. The zero-order valence-electron chi connectivity index (χ0n) is 11.8. The molecule has 1 fully saturated rings. The van der Waals surface area contributed by atoms with Crippen molar-refractivity contribution in [1.29, 1.82) is 0 Å². The number of hydrogen-bond donors (Lipinski definition) is 0. The van der Waals surface area contributed by atoms with Crippen LogP contribution in [0.2, 0.25) is 0 Å². The molecule has 2 rings (SSSR count). The highest BCUT2D eigenvalue weighted by Crippen LogP contribution is 2.46. The van der Waals surface area contributed by atoms with Crippen molar-refractivity contribution in [3.8, 4) is 0 Å². The number of ether oxygens (including phenoxy) is 2. The number of Topliss-reactive ketones (excluding diaryl/α,β-unsaturated/α-hetero) is 1. The van der Waals surface area contributed by atoms with Crippen LogP contribution in [0.4, 0.5) is 0 Å². The normalized spacial score (nSPS) is 20.7. The van der Waals surface area contributed by atoms with Crippen molar-refractivity contribution in [3.05, 3.63) is 35.9 Å². The Morgan fingerprint density at radius 1 is 1.14 bits per heavy atom. The third-order valence-electron chi connectivity index (χ3n) is 3.62. The number of methoxy groups -OCH3 is 2. The largest absolute Gasteiger partial charge is 0.468 e. The molecule has 1 aliphatic heterocycles. The number of ketones is 1. The minimum Gasteiger partial charge on any atom is -0.468 e. The fourth-order valence-corrected chi connectivity index (χ4v) is 3.77. The molecule has 1 aromatic carbocycles. The summed E-state index contributed by atoms with van der Waals surface area (Å²) >= 11 is 1.42. The molecule has 6 heteroatoms. The maximum Gasteiger partial charge on any atom is 0.331 e. The Labute approximate surface area is 127 Å². The van der Waals surface area contributed by atoms with Gasteiger partial charge in [0.2, 0.25) is 5.41 Å². The Bertz CT molecular complexity index is 525. The van der Waals surface area contributed by atoms with Crippen LogP contribution >= 0.6 is 11.8 Å². The Balaban J connectivity index is 2.40. The molecule has 0 bridgehead atoms. The third kappa shape index (κ3) is 2.68. The molecule has 1 aliphatic rings. The molecule has 1 unspecified atom stereocenters. The van der Waals surface area contributed by atoms with Gasteiger partial charge in [0.25, 0.3) is 0 Å². The van der Waals surface area contributed by atoms with Gasteiger partial charge in [-0.15, -0.1) is 11.8 Å². The van der Waals surface area contributed by atoms with Gasteiger partial charge < -0.3 is 9.47 Å². The molecule has 1 heterocycles. The highest BCUT2D eigenvalue weighted by molar-refractivity contribution is 8.00. The molecule has 5 nitrogen and oxygen atoms in total. The van der Waals surface area contributed by atoms with E-state index in [1.807, 2.05) is 30.3 Å². The number of rotatable bonds is 3. The maximum atomic E-state index is 12.3. The van der Waals surface area contributed by atoms with E-state index in [1.165, 1.54) is 26.0 Å². The second-order valence-electron chi connectivity index (χ2n) is 4.73. The zero-order valence-corrected chi connectivity index (χ0v) is 12.6. The van der Waals surface area contributed by atoms with Crippen LogP contribution in [-0.2, 0) is 23.9 Å². The topological polar surface area (TPSA) is 69.7 Å². The average molecular weight is 308 g/mol. The van der Waals surface area contributed by atoms with Crippen molar-refractivity contribution in [2.45, 2.75) is 11.7 Å². The minimum absolute atomic E-state index is 0.0554. The van der Waals surface area contributed by atoms with E-state index in [0.29, 0.717) is 0 Å². The van der Waals surface area contributed by atoms with Crippen molar-refractivity contribution in [2.24, 2.45) is 5.41 Å². The first-order valence-corrected chi connectivity index (χ1v) is 7.47. The smallest absolute Gasteiger partial charge is 0.331 e. The first-order chi connectivity index (χ1) is 10.1. The number of carbonyl (C=O) groups excluding carboxylic acids is 3. The summed E-state index contributed by atoms with van der Waals surface area (Å²) in [6.07, 6.45) is 0.0554. The lowest BCUT2D eigenvalue weighted by Crippen LogP contribution is -2.51. The Hall–Kier alpha value is -1.82. The molecule has 1 aromatic rings. The Morgan fingerprint density at radius 2 is 1.71 bits per heavy atom. The lowest BCUT2D eigenvalue weighted by Gasteiger charge is -2.34. The molecular weight excluding hydrogens is 292 g/mol. The summed E-state index contributed by atoms with van der Waals surface area (Å²) in [4.78, 5) is 36.5. The predicted octanol–water partition coefficient (Wildman–Crippen LogP) is 1.77. The molecule has 0 radical (unpaired) electrons. The molecule has 21 heavy (non-hydrogen) atoms. The molecule has 0 amide bonds. The first kappa shape index (κ1) is 15.6. The van der Waals surface area contributed by atoms with Gasteiger partial charge in [-0.05, 0) is 12.0 Å². The average Bonchev–Trinajstić information content (AvgIpc) is 2.54. The van der Waals surface area contributed by atoms with Crippen LogP contribution in [0.3, 0.4) is 0 Å². The predicted molar refractivity (Wildman–Crippen MR) is 77.7 cm³/mol. The standard InChI is InChI=1S/C15H16O5S/c1-19-13(17)15(14(18)20-2)8-11(21-9-12(15)16)10-6-4-3-5-7-10/h3-7,11H,8-9H2,1-2H3. The Kier molecular flexibility index (Phi) is 4.67. The van der Waals surface area contributed by atoms with Crippen molar-refractivity contribution in [2.75, 3.05) is 20.0 Å². The van der Waals surface area contributed by atoms with Crippen LogP contribution in [-0.4, -0.2) is 37.7 Å². The van der Waals surface area contributed by atoms with Gasteiger partial charge in [-0.2, -0.15) is 0 Å². The van der Waals surface area contributed by atoms with E-state index >= 15 is 0 Å². The molecule has 0 spiro atoms. The van der Waals surface area contributed by atoms with Gasteiger partial charge in [0.05, 0.1) is 20.0 Å². The van der Waals surface area contributed by atoms with Gasteiger partial charge in [0, 0.05) is 5.25 Å². The fraction of sp³-hybridized carbons (Fsp3) is 0.400. The molecule has 0 N–H and O–H groups in total. The summed E-state index contributed by atoms with van der Waals surface area (Å²) in [5, 5.41) is -0.137. The summed E-state index contributed by atoms with van der Waals surface area (Å²) in [6, 6.07) is 9.46. The van der Waals surface area contributed by atoms with Gasteiger partial charge in [0.15, 0.2) is 5.78 Å². The summed E-state index contributed by atoms with van der Waals surface area (Å²) in [5.41, 5.74) is -0.887. The van der Waals surface area contributed by atoms with Crippen molar-refractivity contribution in [1.82, 2.24) is 0 Å². The second-order valence-corrected chi connectivity index (χ2v) is 5.92. The summed E-state index contributed by atoms with van der Waals surface area (Å²) in [6.45, 7) is 0. The number of hydrogen-bond acceptors (Lipinski definition) is 6. The first-order valence-electron chi connectivity index (χ1n) is 6.43. The minimum atomic E-state index is -1.85. The van der Waals surface area contributed by atoms with E-state index in [-0.39, 0.29) is 17.4 Å². The number of benzene rings is 1. The highest BCUT2D eigenvalue weighted by atomic mass is 32.2. The van der Waals surface area contributed by atoms with Gasteiger partial charge in [-0.3, -0.25) is 14.4 Å². The number of carbonyl (C=O) groups is 3. The van der Waals surface area contributed by atoms with Crippen LogP contribution in [0.15, 0.2) is 30.3 Å². The molecule has 1 atom stereocenters. The quantitative estimate of drug-likeness (QED) is 0.626. The fourth-order valence-electron chi connectivity index (χ4n) is 2.46. The van der Waals surface area contributed by atoms with E-state index in [2.05, 4.69) is 0 Å². The monoisotopic (exact) mass is 308 g/mol. The van der Waals surface area contributed by atoms with Gasteiger partial charge in [0.1, 0.15) is 0 Å². The van der Waals surface area contributed by atoms with E-state index in [1.54, 1.807) is 0 Å². The van der Waals surface area contributed by atoms with E-state index in [0.717, 1.165) is 5.56 Å². The second kappa shape index (κ2) is 6.30. The van der Waals surface area contributed by atoms with Crippen LogP contribution in [0.1, 0.15) is 17.2 Å². The molecule has 0 saturated carbocycles. The summed E-state index contributed by atoms with van der Waals surface area (Å²) in [7, 11) is 2.33. The van der Waals surface area contributed by atoms with Gasteiger partial charge in [-0.25, -0.2) is 0 Å². The van der Waals surface area contributed by atoms with E-state index in [4.69, 9.17) is 9.47 Å². The van der Waals surface area contributed by atoms with Crippen molar-refractivity contribution >= 4 is 29.5 Å². The molecule has 0 aromatic heterocycles. The maximum absolute atomic E-state index is 12.3. The summed E-state index contributed by atoms with van der Waals surface area (Å²) < 4.78 is 9.40. The van der Waals surface area contributed by atoms with Crippen LogP contribution < -0.4 is 0 Å². The Morgan fingerprint density at radius 3 is 2.24 bits per heavy atom. The van der Waals surface area contributed by atoms with Crippen molar-refractivity contribution < 1.29 is 23.9 Å². The lowest BCUT2D eigenvalue weighted by atomic mass is 9.77. The molecule has 112 valence electrons. The van der Waals surface area contributed by atoms with Crippen LogP contribution in [0, 0.1) is 5.41 Å². The summed E-state index contributed by atoms with van der Waals surface area (Å²) in [5.74, 6) is -2.08. The molecular formula is C15H16O5S. The third-order valence-corrected chi connectivity index (χ3v) is 4.89. The SMILES string of the molecule is COC(=O)C1(C(=O)OC)CC(c2ccccc2)SCC1=O. The van der Waals surface area contributed by atoms with Crippen LogP contribution in [0.25, 0.3) is 0 Å². The van der Waals surface area contributed by atoms with Crippen LogP contribution in [0.5, 0.6) is 0 Å². The van der Waals surface area contributed by atoms with Gasteiger partial charge >= 0.3 is 11.9 Å². The van der Waals surface area contributed by atoms with E-state index < -0.39 is 23.1 Å². The number of thioether (sulfide) groups is 1. The highest BCUT2D eigenvalue weighted by Gasteiger charge is 2.58. The molecule has 0 aliphatic carbocycles. The number of esters is 2. The zero-order chi connectivity index (χ0) is 15.5. The lowest BCUT2D eigenvalue weighted by molar-refractivity contribution is -0.172. The van der Waals surface area contributed by atoms with E-state index in [9.17, 15) is 14.4 Å². The van der Waals surface area contributed by atoms with Gasteiger partial charge in [-0.1, -0.05) is 30.3 Å². The van der Waals surface area contributed by atoms with Crippen molar-refractivity contribution in [3.63, 3.8) is 0 Å².